The van der Waals surface area contributed by atoms with Gasteiger partial charge in [-0.15, -0.1) is 0 Å². The topological polar surface area (TPSA) is 92.5 Å². The van der Waals surface area contributed by atoms with Gasteiger partial charge in [-0.1, -0.05) is 11.6 Å². The van der Waals surface area contributed by atoms with Crippen molar-refractivity contribution in [1.29, 1.82) is 0 Å². The molecule has 0 amide bonds. The van der Waals surface area contributed by atoms with Crippen LogP contribution in [-0.4, -0.2) is 46.4 Å². The highest BCUT2D eigenvalue weighted by Crippen LogP contribution is 2.27. The largest absolute Gasteiger partial charge is 0.481 e. The highest BCUT2D eigenvalue weighted by Gasteiger charge is 2.39. The summed E-state index contributed by atoms with van der Waals surface area (Å²) in [6.07, 6.45) is 1.25. The van der Waals surface area contributed by atoms with Crippen molar-refractivity contribution in [3.8, 4) is 0 Å². The quantitative estimate of drug-likeness (QED) is 0.854. The zero-order chi connectivity index (χ0) is 13.5. The van der Waals surface area contributed by atoms with Gasteiger partial charge in [0.15, 0.2) is 0 Å². The monoisotopic (exact) mass is 293 g/mol. The molecule has 100 valence electrons. The van der Waals surface area contributed by atoms with E-state index in [1.165, 1.54) is 22.1 Å². The summed E-state index contributed by atoms with van der Waals surface area (Å²) >= 11 is 5.74. The minimum absolute atomic E-state index is 0.0205. The van der Waals surface area contributed by atoms with E-state index in [0.717, 1.165) is 0 Å². The van der Waals surface area contributed by atoms with Crippen molar-refractivity contribution in [2.45, 2.75) is 11.6 Å². The molecule has 2 heterocycles. The summed E-state index contributed by atoms with van der Waals surface area (Å²) in [6, 6.07) is 0. The second kappa shape index (κ2) is 4.52. The van der Waals surface area contributed by atoms with Crippen LogP contribution in [0, 0.1) is 5.92 Å². The van der Waals surface area contributed by atoms with Crippen LogP contribution in [0.5, 0.6) is 0 Å². The van der Waals surface area contributed by atoms with E-state index in [-0.39, 0.29) is 35.7 Å². The van der Waals surface area contributed by atoms with E-state index >= 15 is 0 Å². The van der Waals surface area contributed by atoms with Gasteiger partial charge in [0.1, 0.15) is 5.15 Å². The van der Waals surface area contributed by atoms with Crippen molar-refractivity contribution in [3.63, 3.8) is 0 Å². The zero-order valence-electron chi connectivity index (χ0n) is 9.58. The van der Waals surface area contributed by atoms with Gasteiger partial charge in [0.25, 0.3) is 10.0 Å². The maximum absolute atomic E-state index is 12.1. The lowest BCUT2D eigenvalue weighted by molar-refractivity contribution is -0.139. The molecule has 1 N–H and O–H groups in total. The Kier molecular flexibility index (Phi) is 3.35. The minimum Gasteiger partial charge on any atom is -0.481 e. The van der Waals surface area contributed by atoms with Gasteiger partial charge in [-0.25, -0.2) is 13.4 Å². The van der Waals surface area contributed by atoms with Gasteiger partial charge >= 0.3 is 5.97 Å². The number of halogens is 1. The number of hydrogen-bond donors (Lipinski definition) is 1. The summed E-state index contributed by atoms with van der Waals surface area (Å²) in [5, 5.41) is 8.71. The van der Waals surface area contributed by atoms with E-state index < -0.39 is 16.0 Å². The molecule has 0 bridgehead atoms. The molecule has 1 aromatic rings. The summed E-state index contributed by atoms with van der Waals surface area (Å²) < 4.78 is 26.7. The molecule has 0 spiro atoms. The molecule has 0 aliphatic carbocycles. The lowest BCUT2D eigenvalue weighted by Gasteiger charge is -2.36. The first-order valence-corrected chi connectivity index (χ1v) is 7.03. The number of sulfonamides is 1. The Labute approximate surface area is 109 Å². The van der Waals surface area contributed by atoms with Crippen LogP contribution >= 0.6 is 11.6 Å². The Bertz CT molecular complexity index is 577. The average molecular weight is 294 g/mol. The fourth-order valence-corrected chi connectivity index (χ4v) is 3.68. The molecule has 1 saturated heterocycles. The number of carboxylic acid groups (broad SMARTS) is 1. The highest BCUT2D eigenvalue weighted by atomic mass is 35.5. The third kappa shape index (κ3) is 2.23. The molecule has 1 aliphatic heterocycles. The summed E-state index contributed by atoms with van der Waals surface area (Å²) in [7, 11) is -2.16. The van der Waals surface area contributed by atoms with Gasteiger partial charge in [0.2, 0.25) is 5.16 Å². The maximum atomic E-state index is 12.1. The fraction of sp³-hybridized carbons (Fsp3) is 0.556. The minimum atomic E-state index is -3.67. The Morgan fingerprint density at radius 1 is 1.61 bits per heavy atom. The summed E-state index contributed by atoms with van der Waals surface area (Å²) in [5.74, 6) is -1.05. The highest BCUT2D eigenvalue weighted by molar-refractivity contribution is 7.89. The van der Waals surface area contributed by atoms with E-state index in [9.17, 15) is 13.2 Å². The van der Waals surface area contributed by atoms with Crippen LogP contribution in [0.3, 0.4) is 0 Å². The molecule has 1 aromatic heterocycles. The number of aromatic nitrogens is 2. The van der Waals surface area contributed by atoms with E-state index in [2.05, 4.69) is 4.98 Å². The van der Waals surface area contributed by atoms with Crippen molar-refractivity contribution < 1.29 is 18.3 Å². The van der Waals surface area contributed by atoms with Crippen LogP contribution in [0.2, 0.25) is 5.15 Å². The van der Waals surface area contributed by atoms with Gasteiger partial charge in [0.05, 0.1) is 12.6 Å². The lowest BCUT2D eigenvalue weighted by Crippen LogP contribution is -2.50. The summed E-state index contributed by atoms with van der Waals surface area (Å²) in [6.45, 7) is 0.415. The number of rotatable bonds is 4. The molecule has 0 aromatic carbocycles. The third-order valence-electron chi connectivity index (χ3n) is 2.85. The van der Waals surface area contributed by atoms with Crippen LogP contribution in [-0.2, 0) is 21.9 Å². The second-order valence-electron chi connectivity index (χ2n) is 4.21. The zero-order valence-corrected chi connectivity index (χ0v) is 11.1. The second-order valence-corrected chi connectivity index (χ2v) is 6.43. The molecule has 9 heteroatoms. The number of aliphatic carboxylic acids is 1. The molecule has 0 unspecified atom stereocenters. The first-order valence-electron chi connectivity index (χ1n) is 5.21. The average Bonchev–Trinajstić information content (AvgIpc) is 2.53. The van der Waals surface area contributed by atoms with Crippen molar-refractivity contribution >= 4 is 27.6 Å². The number of carboxylic acids is 1. The van der Waals surface area contributed by atoms with Gasteiger partial charge < -0.3 is 9.67 Å². The molecule has 0 atom stereocenters. The third-order valence-corrected chi connectivity index (χ3v) is 5.02. The summed E-state index contributed by atoms with van der Waals surface area (Å²) in [5.41, 5.74) is 0. The maximum Gasteiger partial charge on any atom is 0.303 e. The van der Waals surface area contributed by atoms with Gasteiger partial charge in [-0.05, 0) is 5.92 Å². The Morgan fingerprint density at radius 2 is 2.22 bits per heavy atom. The van der Waals surface area contributed by atoms with E-state index in [1.807, 2.05) is 0 Å². The smallest absolute Gasteiger partial charge is 0.303 e. The molecule has 18 heavy (non-hydrogen) atoms. The predicted molar refractivity (Wildman–Crippen MR) is 62.7 cm³/mol. The van der Waals surface area contributed by atoms with Crippen LogP contribution in [0.4, 0.5) is 0 Å². The van der Waals surface area contributed by atoms with Crippen molar-refractivity contribution in [2.24, 2.45) is 13.0 Å². The van der Waals surface area contributed by atoms with Crippen molar-refractivity contribution in [1.82, 2.24) is 13.9 Å². The van der Waals surface area contributed by atoms with Crippen LogP contribution < -0.4 is 0 Å². The molecule has 1 aliphatic rings. The van der Waals surface area contributed by atoms with Gasteiger partial charge in [0, 0.05) is 20.1 Å². The molecule has 2 rings (SSSR count). The molecule has 1 fully saturated rings. The molecule has 0 radical (unpaired) electrons. The van der Waals surface area contributed by atoms with Crippen LogP contribution in [0.15, 0.2) is 11.4 Å². The predicted octanol–water partition coefficient (Wildman–Crippen LogP) is 0.169. The number of carbonyl (C=O) groups is 1. The molecule has 7 nitrogen and oxygen atoms in total. The summed E-state index contributed by atoms with van der Waals surface area (Å²) in [4.78, 5) is 14.2. The van der Waals surface area contributed by atoms with Crippen molar-refractivity contribution in [2.75, 3.05) is 13.1 Å². The fourth-order valence-electron chi connectivity index (χ4n) is 1.82. The lowest BCUT2D eigenvalue weighted by atomic mass is 10.00. The Balaban J connectivity index is 2.11. The Morgan fingerprint density at radius 3 is 2.67 bits per heavy atom. The normalized spacial score (nSPS) is 17.7. The van der Waals surface area contributed by atoms with Crippen LogP contribution in [0.1, 0.15) is 6.42 Å². The molecular weight excluding hydrogens is 282 g/mol. The standard InChI is InChI=1S/C9H12ClN3O4S/c1-12-7(10)3-11-9(12)18(16,17)13-4-6(5-13)2-8(14)15/h3,6H,2,4-5H2,1H3,(H,14,15). The first kappa shape index (κ1) is 13.3. The van der Waals surface area contributed by atoms with Crippen molar-refractivity contribution in [3.05, 3.63) is 11.3 Å². The van der Waals surface area contributed by atoms with E-state index in [4.69, 9.17) is 16.7 Å². The SMILES string of the molecule is Cn1c(Cl)cnc1S(=O)(=O)N1CC(CC(=O)O)C1. The van der Waals surface area contributed by atoms with Crippen LogP contribution in [0.25, 0.3) is 0 Å². The van der Waals surface area contributed by atoms with E-state index in [0.29, 0.717) is 0 Å². The first-order chi connectivity index (χ1) is 8.32. The van der Waals surface area contributed by atoms with E-state index in [1.54, 1.807) is 0 Å². The number of imidazole rings is 1. The molecule has 0 saturated carbocycles. The van der Waals surface area contributed by atoms with Gasteiger partial charge in [-0.3, -0.25) is 4.79 Å². The number of hydrogen-bond acceptors (Lipinski definition) is 4. The van der Waals surface area contributed by atoms with Gasteiger partial charge in [-0.2, -0.15) is 4.31 Å². The number of nitrogens with zero attached hydrogens (tertiary/aromatic N) is 3. The Hall–Kier alpha value is -1.12. The molecular formula is C9H12ClN3O4S.